The van der Waals surface area contributed by atoms with Gasteiger partial charge in [0.2, 0.25) is 20.0 Å². The quantitative estimate of drug-likeness (QED) is 0.0299. The minimum Gasteiger partial charge on any atom is -0.341 e. The molecule has 0 amide bonds. The summed E-state index contributed by atoms with van der Waals surface area (Å²) < 4.78 is 99.2. The van der Waals surface area contributed by atoms with Crippen molar-refractivity contribution < 1.29 is 29.8 Å². The van der Waals surface area contributed by atoms with Gasteiger partial charge in [-0.15, -0.1) is 0 Å². The molecule has 0 aliphatic heterocycles. The average Bonchev–Trinajstić information content (AvgIpc) is 2.38. The molecule has 5 aromatic rings. The fourth-order valence-corrected chi connectivity index (χ4v) is 15.8. The molecule has 0 aromatic heterocycles. The zero-order valence-corrected chi connectivity index (χ0v) is 56.2. The highest BCUT2D eigenvalue weighted by molar-refractivity contribution is 7.89. The van der Waals surface area contributed by atoms with Gasteiger partial charge in [0.25, 0.3) is 10.1 Å². The Hall–Kier alpha value is -4.57. The van der Waals surface area contributed by atoms with Gasteiger partial charge in [-0.05, 0) is 158 Å². The lowest BCUT2D eigenvalue weighted by molar-refractivity contribution is 0.270. The predicted molar refractivity (Wildman–Crippen MR) is 358 cm³/mol. The van der Waals surface area contributed by atoms with Crippen LogP contribution in [-0.4, -0.2) is 77.7 Å². The first-order valence-electron chi connectivity index (χ1n) is 32.9. The van der Waals surface area contributed by atoms with Gasteiger partial charge in [0.15, 0.2) is 0 Å². The molecule has 1 N–H and O–H groups in total. The SMILES string of the molecule is CCCCC(CC)CN(CC(CC)CCCC)S(=O)(=O)c1ccc(N(CCCC)c2ccc(C(c3ccc(N(CCCC)c4ccc(S(=O)(=O)N(CC(CC)CCCC)CC(CC)CCCC)cc4)cc3)c3ccccc3S(=O)(=O)O)cc2)cc1. The highest BCUT2D eigenvalue weighted by Crippen LogP contribution is 2.40. The third-order valence-corrected chi connectivity index (χ3v) is 22.3. The van der Waals surface area contributed by atoms with Gasteiger partial charge in [-0.1, -0.05) is 202 Å². The van der Waals surface area contributed by atoms with Crippen molar-refractivity contribution in [3.05, 3.63) is 138 Å². The van der Waals surface area contributed by atoms with Crippen molar-refractivity contribution in [3.8, 4) is 0 Å². The second kappa shape index (κ2) is 36.0. The molecule has 0 aliphatic rings. The third-order valence-electron chi connectivity index (χ3n) is 17.6. The molecule has 472 valence electrons. The maximum absolute atomic E-state index is 14.7. The Labute approximate surface area is 517 Å². The zero-order chi connectivity index (χ0) is 62.0. The Morgan fingerprint density at radius 3 is 0.918 bits per heavy atom. The van der Waals surface area contributed by atoms with E-state index in [0.29, 0.717) is 78.3 Å². The summed E-state index contributed by atoms with van der Waals surface area (Å²) in [6, 6.07) is 37.6. The Morgan fingerprint density at radius 2 is 0.647 bits per heavy atom. The standard InChI is InChI=1S/C71H108N4O7S3/c1-11-21-29-57(17-7)53-72(54-58(18-8)30-22-12-2)83(76,77)67-47-43-65(44-48-67)74(51-25-15-5)63-39-35-61(36-40-63)71(69-33-27-28-34-70(69)85(80,81)82)62-37-41-64(42-38-62)75(52-26-16-6)66-45-49-68(50-46-66)84(78,79)73(55-59(19-9)31-23-13-3)56-60(20-10)32-24-14-4/h27-28,33-50,57-60,71H,11-26,29-32,51-56H2,1-10H3,(H,80,81,82). The maximum Gasteiger partial charge on any atom is 0.294 e. The molecule has 11 nitrogen and oxygen atoms in total. The molecule has 0 heterocycles. The number of hydrogen-bond acceptors (Lipinski definition) is 8. The van der Waals surface area contributed by atoms with E-state index in [4.69, 9.17) is 0 Å². The van der Waals surface area contributed by atoms with Crippen LogP contribution in [0.5, 0.6) is 0 Å². The molecule has 0 saturated carbocycles. The van der Waals surface area contributed by atoms with E-state index in [2.05, 4.69) is 79.0 Å². The van der Waals surface area contributed by atoms with Gasteiger partial charge in [-0.2, -0.15) is 17.0 Å². The molecule has 14 heteroatoms. The minimum atomic E-state index is -4.62. The first-order valence-corrected chi connectivity index (χ1v) is 37.2. The number of rotatable bonds is 42. The number of anilines is 4. The molecule has 5 aromatic carbocycles. The van der Waals surface area contributed by atoms with E-state index >= 15 is 0 Å². The van der Waals surface area contributed by atoms with E-state index in [1.54, 1.807) is 51.1 Å². The van der Waals surface area contributed by atoms with Crippen LogP contribution in [-0.2, 0) is 30.2 Å². The fraction of sp³-hybridized carbons (Fsp3) is 0.577. The van der Waals surface area contributed by atoms with E-state index in [-0.39, 0.29) is 4.90 Å². The molecule has 0 radical (unpaired) electrons. The van der Waals surface area contributed by atoms with Crippen molar-refractivity contribution in [2.24, 2.45) is 23.7 Å². The van der Waals surface area contributed by atoms with Crippen LogP contribution in [0.2, 0.25) is 0 Å². The van der Waals surface area contributed by atoms with Crippen molar-refractivity contribution in [1.29, 1.82) is 0 Å². The Balaban J connectivity index is 1.51. The highest BCUT2D eigenvalue weighted by Gasteiger charge is 2.32. The normalized spacial score (nSPS) is 14.1. The van der Waals surface area contributed by atoms with Crippen LogP contribution in [0.3, 0.4) is 0 Å². The predicted octanol–water partition coefficient (Wildman–Crippen LogP) is 18.8. The molecule has 0 bridgehead atoms. The van der Waals surface area contributed by atoms with Crippen molar-refractivity contribution in [2.45, 2.75) is 218 Å². The highest BCUT2D eigenvalue weighted by atomic mass is 32.2. The maximum atomic E-state index is 14.7. The molecule has 0 saturated heterocycles. The van der Waals surface area contributed by atoms with Crippen molar-refractivity contribution in [2.75, 3.05) is 49.1 Å². The second-order valence-corrected chi connectivity index (χ2v) is 29.2. The van der Waals surface area contributed by atoms with Crippen LogP contribution in [0.25, 0.3) is 0 Å². The molecule has 0 fully saturated rings. The van der Waals surface area contributed by atoms with Crippen molar-refractivity contribution in [3.63, 3.8) is 0 Å². The van der Waals surface area contributed by atoms with Gasteiger partial charge >= 0.3 is 0 Å². The summed E-state index contributed by atoms with van der Waals surface area (Å²) in [5, 5.41) is 0. The van der Waals surface area contributed by atoms with E-state index in [1.807, 2.05) is 72.8 Å². The van der Waals surface area contributed by atoms with Crippen LogP contribution in [0.1, 0.15) is 220 Å². The molecule has 4 atom stereocenters. The molecular formula is C71H108N4O7S3. The van der Waals surface area contributed by atoms with Crippen molar-refractivity contribution in [1.82, 2.24) is 8.61 Å². The van der Waals surface area contributed by atoms with Crippen LogP contribution in [0.4, 0.5) is 22.7 Å². The number of nitrogens with zero attached hydrogens (tertiary/aromatic N) is 4. The van der Waals surface area contributed by atoms with Gasteiger partial charge in [-0.25, -0.2) is 16.8 Å². The molecule has 85 heavy (non-hydrogen) atoms. The van der Waals surface area contributed by atoms with Gasteiger partial charge in [0, 0.05) is 67.9 Å². The van der Waals surface area contributed by atoms with Crippen LogP contribution < -0.4 is 9.80 Å². The van der Waals surface area contributed by atoms with Crippen LogP contribution >= 0.6 is 0 Å². The molecular weight excluding hydrogens is 1120 g/mol. The lowest BCUT2D eigenvalue weighted by atomic mass is 9.85. The van der Waals surface area contributed by atoms with Crippen LogP contribution in [0, 0.1) is 23.7 Å². The first kappa shape index (κ1) is 71.2. The smallest absolute Gasteiger partial charge is 0.294 e. The summed E-state index contributed by atoms with van der Waals surface area (Å²) in [6.45, 7) is 25.2. The van der Waals surface area contributed by atoms with Crippen LogP contribution in [0.15, 0.2) is 136 Å². The monoisotopic (exact) mass is 1220 g/mol. The Kier molecular flexibility index (Phi) is 30.2. The minimum absolute atomic E-state index is 0.167. The van der Waals surface area contributed by atoms with Gasteiger partial charge < -0.3 is 9.80 Å². The summed E-state index contributed by atoms with van der Waals surface area (Å²) in [5.74, 6) is 0.595. The van der Waals surface area contributed by atoms with E-state index in [9.17, 15) is 29.8 Å². The summed E-state index contributed by atoms with van der Waals surface area (Å²) in [4.78, 5) is 4.87. The number of sulfonamides is 2. The summed E-state index contributed by atoms with van der Waals surface area (Å²) in [5.41, 5.74) is 5.62. The van der Waals surface area contributed by atoms with E-state index in [0.717, 1.165) is 162 Å². The van der Waals surface area contributed by atoms with E-state index < -0.39 is 36.1 Å². The number of benzene rings is 5. The zero-order valence-electron chi connectivity index (χ0n) is 53.7. The number of unbranched alkanes of at least 4 members (excludes halogenated alkanes) is 6. The van der Waals surface area contributed by atoms with Gasteiger partial charge in [0.05, 0.1) is 14.7 Å². The number of hydrogen-bond donors (Lipinski definition) is 1. The average molecular weight is 1230 g/mol. The lowest BCUT2D eigenvalue weighted by Crippen LogP contribution is -2.39. The first-order chi connectivity index (χ1) is 40.9. The summed E-state index contributed by atoms with van der Waals surface area (Å²) in [6.07, 6.45) is 20.1. The second-order valence-electron chi connectivity index (χ2n) is 23.9. The van der Waals surface area contributed by atoms with Crippen molar-refractivity contribution >= 4 is 52.9 Å². The topological polar surface area (TPSA) is 136 Å². The fourth-order valence-electron chi connectivity index (χ4n) is 11.9. The van der Waals surface area contributed by atoms with E-state index in [1.165, 1.54) is 6.07 Å². The Morgan fingerprint density at radius 1 is 0.365 bits per heavy atom. The van der Waals surface area contributed by atoms with Gasteiger partial charge in [-0.3, -0.25) is 4.55 Å². The summed E-state index contributed by atoms with van der Waals surface area (Å²) >= 11 is 0. The third kappa shape index (κ3) is 20.5. The molecule has 4 unspecified atom stereocenters. The Bertz CT molecular complexity index is 2820. The molecule has 0 spiro atoms. The molecule has 5 rings (SSSR count). The molecule has 0 aliphatic carbocycles. The lowest BCUT2D eigenvalue weighted by Gasteiger charge is -2.30. The van der Waals surface area contributed by atoms with Gasteiger partial charge in [0.1, 0.15) is 0 Å². The summed E-state index contributed by atoms with van der Waals surface area (Å²) in [7, 11) is -12.2. The largest absolute Gasteiger partial charge is 0.341 e.